The van der Waals surface area contributed by atoms with Crippen LogP contribution in [0.1, 0.15) is 48.2 Å². The Morgan fingerprint density at radius 3 is 2.67 bits per heavy atom. The summed E-state index contributed by atoms with van der Waals surface area (Å²) in [6.45, 7) is 8.16. The highest BCUT2D eigenvalue weighted by atomic mass is 16.2. The Balaban J connectivity index is 1.98. The Hall–Kier alpha value is -2.63. The molecule has 0 aliphatic carbocycles. The second kappa shape index (κ2) is 5.78. The second-order valence-electron chi connectivity index (χ2n) is 6.79. The van der Waals surface area contributed by atoms with Crippen molar-refractivity contribution in [3.8, 4) is 0 Å². The van der Waals surface area contributed by atoms with Crippen LogP contribution < -0.4 is 11.1 Å². The number of fused-ring (bicyclic) bond motifs is 1. The number of hydrogen-bond donors (Lipinski definition) is 2. The molecule has 2 heterocycles. The van der Waals surface area contributed by atoms with Crippen molar-refractivity contribution in [2.24, 2.45) is 5.92 Å². The minimum Gasteiger partial charge on any atom is -0.398 e. The molecular weight excluding hydrogens is 306 g/mol. The fourth-order valence-corrected chi connectivity index (χ4v) is 3.44. The highest BCUT2D eigenvalue weighted by Crippen LogP contribution is 2.39. The molecule has 0 bridgehead atoms. The molecule has 0 saturated carbocycles. The third-order valence-corrected chi connectivity index (χ3v) is 4.42. The summed E-state index contributed by atoms with van der Waals surface area (Å²) in [4.78, 5) is 37.7. The van der Waals surface area contributed by atoms with Gasteiger partial charge < -0.3 is 5.73 Å². The van der Waals surface area contributed by atoms with Crippen molar-refractivity contribution >= 4 is 29.1 Å². The number of imide groups is 1. The van der Waals surface area contributed by atoms with Gasteiger partial charge in [-0.3, -0.25) is 24.6 Å². The number of benzene rings is 1. The van der Waals surface area contributed by atoms with E-state index < -0.39 is 11.9 Å². The third-order valence-electron chi connectivity index (χ3n) is 4.42. The lowest BCUT2D eigenvalue weighted by Crippen LogP contribution is -2.52. The fourth-order valence-electron chi connectivity index (χ4n) is 3.44. The van der Waals surface area contributed by atoms with E-state index >= 15 is 0 Å². The molecule has 1 aromatic rings. The Bertz CT molecular complexity index is 767. The van der Waals surface area contributed by atoms with Crippen LogP contribution in [0.2, 0.25) is 0 Å². The fraction of sp³-hybridized carbons (Fsp3) is 0.389. The Morgan fingerprint density at radius 2 is 2.04 bits per heavy atom. The number of amides is 3. The van der Waals surface area contributed by atoms with Crippen molar-refractivity contribution < 1.29 is 14.4 Å². The van der Waals surface area contributed by atoms with Gasteiger partial charge in [0.15, 0.2) is 0 Å². The molecular formula is C18H21N3O3. The van der Waals surface area contributed by atoms with Gasteiger partial charge in [-0.05, 0) is 36.5 Å². The van der Waals surface area contributed by atoms with E-state index in [0.717, 1.165) is 12.0 Å². The molecule has 6 heteroatoms. The number of piperidine rings is 1. The maximum Gasteiger partial charge on any atom is 0.259 e. The van der Waals surface area contributed by atoms with Crippen LogP contribution in [0.15, 0.2) is 18.7 Å². The zero-order valence-electron chi connectivity index (χ0n) is 13.9. The first-order valence-electron chi connectivity index (χ1n) is 8.08. The number of nitrogens with zero attached hydrogens (tertiary/aromatic N) is 1. The van der Waals surface area contributed by atoms with Gasteiger partial charge in [0, 0.05) is 23.4 Å². The summed E-state index contributed by atoms with van der Waals surface area (Å²) < 4.78 is 0. The van der Waals surface area contributed by atoms with E-state index in [1.165, 1.54) is 4.90 Å². The van der Waals surface area contributed by atoms with Crippen LogP contribution in [0, 0.1) is 5.92 Å². The summed E-state index contributed by atoms with van der Waals surface area (Å²) in [6, 6.07) is 2.99. The molecule has 3 N–H and O–H groups in total. The summed E-state index contributed by atoms with van der Waals surface area (Å²) in [7, 11) is 0. The smallest absolute Gasteiger partial charge is 0.259 e. The molecule has 1 atom stereocenters. The van der Waals surface area contributed by atoms with Crippen molar-refractivity contribution in [2.75, 3.05) is 5.73 Å². The predicted molar refractivity (Wildman–Crippen MR) is 90.8 cm³/mol. The molecule has 3 rings (SSSR count). The third kappa shape index (κ3) is 2.58. The molecule has 1 unspecified atom stereocenters. The first kappa shape index (κ1) is 16.2. The molecule has 2 aliphatic rings. The number of nitrogens with two attached hydrogens (primary N) is 1. The highest BCUT2D eigenvalue weighted by molar-refractivity contribution is 6.14. The number of carbonyl (C=O) groups excluding carboxylic acids is 3. The topological polar surface area (TPSA) is 92.5 Å². The lowest BCUT2D eigenvalue weighted by atomic mass is 9.97. The monoisotopic (exact) mass is 327 g/mol. The highest BCUT2D eigenvalue weighted by Gasteiger charge is 2.42. The Labute approximate surface area is 140 Å². The number of rotatable bonds is 3. The van der Waals surface area contributed by atoms with E-state index in [4.69, 9.17) is 5.73 Å². The maximum absolute atomic E-state index is 12.9. The van der Waals surface area contributed by atoms with Gasteiger partial charge in [0.2, 0.25) is 11.8 Å². The van der Waals surface area contributed by atoms with Gasteiger partial charge in [-0.25, -0.2) is 0 Å². The summed E-state index contributed by atoms with van der Waals surface area (Å²) in [5, 5.41) is 2.28. The number of anilines is 1. The van der Waals surface area contributed by atoms with Crippen molar-refractivity contribution in [3.05, 3.63) is 35.4 Å². The molecule has 0 aromatic heterocycles. The predicted octanol–water partition coefficient (Wildman–Crippen LogP) is 1.70. The van der Waals surface area contributed by atoms with Crippen molar-refractivity contribution in [3.63, 3.8) is 0 Å². The molecule has 6 nitrogen and oxygen atoms in total. The van der Waals surface area contributed by atoms with Gasteiger partial charge in [-0.15, -0.1) is 0 Å². The first-order chi connectivity index (χ1) is 11.3. The number of nitrogen functional groups attached to an aromatic ring is 1. The molecule has 1 aromatic carbocycles. The van der Waals surface area contributed by atoms with Gasteiger partial charge in [0.25, 0.3) is 5.91 Å². The van der Waals surface area contributed by atoms with Crippen molar-refractivity contribution in [1.82, 2.24) is 10.2 Å². The number of carbonyl (C=O) groups is 3. The molecule has 0 spiro atoms. The van der Waals surface area contributed by atoms with Crippen LogP contribution in [0.3, 0.4) is 0 Å². The van der Waals surface area contributed by atoms with Crippen LogP contribution in [-0.2, 0) is 16.0 Å². The standard InChI is InChI=1S/C18H21N3O3/c1-9(2)6-11-7-12-16(13(19)8-11)10(3)21(18(12)24)14-4-5-15(22)20-17(14)23/h7-9,14H,3-6,19H2,1-2H3,(H,20,22,23). The molecule has 126 valence electrons. The van der Waals surface area contributed by atoms with Crippen LogP contribution in [-0.4, -0.2) is 28.7 Å². The SMILES string of the molecule is C=C1c2c(N)cc(CC(C)C)cc2C(=O)N1C1CCC(=O)NC1=O. The average molecular weight is 327 g/mol. The number of hydrogen-bond acceptors (Lipinski definition) is 4. The van der Waals surface area contributed by atoms with Gasteiger partial charge in [-0.2, -0.15) is 0 Å². The maximum atomic E-state index is 12.9. The quantitative estimate of drug-likeness (QED) is 0.653. The van der Waals surface area contributed by atoms with Gasteiger partial charge in [0.1, 0.15) is 6.04 Å². The molecule has 0 radical (unpaired) electrons. The summed E-state index contributed by atoms with van der Waals surface area (Å²) in [5.74, 6) is -0.616. The summed E-state index contributed by atoms with van der Waals surface area (Å²) in [6.07, 6.45) is 1.32. The minimum absolute atomic E-state index is 0.206. The molecule has 1 saturated heterocycles. The minimum atomic E-state index is -0.719. The van der Waals surface area contributed by atoms with Gasteiger partial charge in [-0.1, -0.05) is 20.4 Å². The Morgan fingerprint density at radius 1 is 1.33 bits per heavy atom. The second-order valence-corrected chi connectivity index (χ2v) is 6.79. The van der Waals surface area contributed by atoms with Crippen LogP contribution >= 0.6 is 0 Å². The van der Waals surface area contributed by atoms with E-state index in [-0.39, 0.29) is 18.2 Å². The summed E-state index contributed by atoms with van der Waals surface area (Å²) >= 11 is 0. The van der Waals surface area contributed by atoms with Crippen LogP contribution in [0.4, 0.5) is 5.69 Å². The van der Waals surface area contributed by atoms with Crippen molar-refractivity contribution in [1.29, 1.82) is 0 Å². The normalized spacial score (nSPS) is 20.6. The van der Waals surface area contributed by atoms with E-state index in [1.54, 1.807) is 0 Å². The van der Waals surface area contributed by atoms with E-state index in [0.29, 0.717) is 34.9 Å². The summed E-state index contributed by atoms with van der Waals surface area (Å²) in [5.41, 5.74) is 9.15. The van der Waals surface area contributed by atoms with Crippen LogP contribution in [0.5, 0.6) is 0 Å². The molecule has 2 aliphatic heterocycles. The lowest BCUT2D eigenvalue weighted by molar-refractivity contribution is -0.136. The Kier molecular flexibility index (Phi) is 3.91. The van der Waals surface area contributed by atoms with Gasteiger partial charge >= 0.3 is 0 Å². The van der Waals surface area contributed by atoms with Gasteiger partial charge in [0.05, 0.1) is 5.56 Å². The van der Waals surface area contributed by atoms with E-state index in [2.05, 4.69) is 25.7 Å². The van der Waals surface area contributed by atoms with Crippen LogP contribution in [0.25, 0.3) is 5.70 Å². The van der Waals surface area contributed by atoms with Crippen molar-refractivity contribution in [2.45, 2.75) is 39.2 Å². The average Bonchev–Trinajstić information content (AvgIpc) is 2.71. The largest absolute Gasteiger partial charge is 0.398 e. The van der Waals surface area contributed by atoms with E-state index in [9.17, 15) is 14.4 Å². The molecule has 3 amide bonds. The molecule has 24 heavy (non-hydrogen) atoms. The first-order valence-corrected chi connectivity index (χ1v) is 8.08. The molecule has 1 fully saturated rings. The zero-order valence-corrected chi connectivity index (χ0v) is 13.9. The van der Waals surface area contributed by atoms with E-state index in [1.807, 2.05) is 12.1 Å². The zero-order chi connectivity index (χ0) is 17.6. The lowest BCUT2D eigenvalue weighted by Gasteiger charge is -2.30. The number of nitrogens with one attached hydrogen (secondary N) is 1.